The Morgan fingerprint density at radius 2 is 1.78 bits per heavy atom. The van der Waals surface area contributed by atoms with Crippen LogP contribution in [0.4, 0.5) is 4.79 Å². The van der Waals surface area contributed by atoms with E-state index in [4.69, 9.17) is 21.1 Å². The highest BCUT2D eigenvalue weighted by molar-refractivity contribution is 6.18. The topological polar surface area (TPSA) is 59.6 Å². The number of rotatable bonds is 7. The van der Waals surface area contributed by atoms with Crippen LogP contribution >= 0.6 is 11.6 Å². The maximum absolute atomic E-state index is 11.2. The third-order valence-electron chi connectivity index (χ3n) is 1.99. The first-order valence-corrected chi connectivity index (χ1v) is 6.23. The molecule has 1 aromatic carbocycles. The molecule has 0 aliphatic heterocycles. The monoisotopic (exact) mass is 272 g/mol. The van der Waals surface area contributed by atoms with Crippen molar-refractivity contribution in [3.8, 4) is 11.5 Å². The molecular weight excluding hydrogens is 256 g/mol. The number of benzene rings is 1. The summed E-state index contributed by atoms with van der Waals surface area (Å²) < 4.78 is 10.6. The van der Waals surface area contributed by atoms with Crippen LogP contribution in [0.25, 0.3) is 0 Å². The van der Waals surface area contributed by atoms with E-state index in [1.807, 2.05) is 19.1 Å². The molecule has 2 N–H and O–H groups in total. The number of carbonyl (C=O) groups is 1. The lowest BCUT2D eigenvalue weighted by molar-refractivity contribution is 0.224. The Balaban J connectivity index is 2.24. The number of hydrogen-bond acceptors (Lipinski definition) is 3. The van der Waals surface area contributed by atoms with Gasteiger partial charge in [0.25, 0.3) is 0 Å². The molecule has 1 aromatic rings. The van der Waals surface area contributed by atoms with Crippen LogP contribution in [0.3, 0.4) is 0 Å². The first-order chi connectivity index (χ1) is 8.76. The number of halogens is 1. The number of amides is 2. The molecule has 0 aromatic heterocycles. The van der Waals surface area contributed by atoms with Crippen molar-refractivity contribution < 1.29 is 14.3 Å². The molecule has 1 rings (SSSR count). The van der Waals surface area contributed by atoms with Gasteiger partial charge in [0.15, 0.2) is 6.73 Å². The van der Waals surface area contributed by atoms with Crippen molar-refractivity contribution in [3.63, 3.8) is 0 Å². The van der Waals surface area contributed by atoms with E-state index >= 15 is 0 Å². The van der Waals surface area contributed by atoms with E-state index in [0.717, 1.165) is 5.75 Å². The number of carbonyl (C=O) groups excluding carboxylic acids is 1. The van der Waals surface area contributed by atoms with Gasteiger partial charge in [-0.15, -0.1) is 11.6 Å². The summed E-state index contributed by atoms with van der Waals surface area (Å²) in [4.78, 5) is 11.2. The minimum atomic E-state index is -0.304. The SMILES string of the molecule is CCOc1ccc(OCNC(=O)NCCCl)cc1. The molecule has 6 heteroatoms. The van der Waals surface area contributed by atoms with Gasteiger partial charge in [-0.2, -0.15) is 0 Å². The van der Waals surface area contributed by atoms with E-state index in [9.17, 15) is 4.79 Å². The molecule has 0 aliphatic rings. The van der Waals surface area contributed by atoms with Gasteiger partial charge < -0.3 is 20.1 Å². The molecule has 18 heavy (non-hydrogen) atoms. The number of ether oxygens (including phenoxy) is 2. The Morgan fingerprint density at radius 3 is 2.33 bits per heavy atom. The van der Waals surface area contributed by atoms with E-state index in [0.29, 0.717) is 24.8 Å². The van der Waals surface area contributed by atoms with Crippen molar-refractivity contribution in [2.24, 2.45) is 0 Å². The summed E-state index contributed by atoms with van der Waals surface area (Å²) in [7, 11) is 0. The quantitative estimate of drug-likeness (QED) is 0.589. The molecule has 0 unspecified atom stereocenters. The Hall–Kier alpha value is -1.62. The van der Waals surface area contributed by atoms with Gasteiger partial charge in [0.05, 0.1) is 6.61 Å². The molecule has 0 aliphatic carbocycles. The first kappa shape index (κ1) is 14.4. The number of hydrogen-bond donors (Lipinski definition) is 2. The van der Waals surface area contributed by atoms with Crippen molar-refractivity contribution in [2.75, 3.05) is 25.8 Å². The lowest BCUT2D eigenvalue weighted by Gasteiger charge is -2.09. The van der Waals surface area contributed by atoms with Gasteiger partial charge in [-0.3, -0.25) is 0 Å². The molecule has 0 saturated carbocycles. The third-order valence-corrected chi connectivity index (χ3v) is 2.18. The van der Waals surface area contributed by atoms with Crippen LogP contribution in [0.2, 0.25) is 0 Å². The summed E-state index contributed by atoms with van der Waals surface area (Å²) in [5.74, 6) is 1.83. The summed E-state index contributed by atoms with van der Waals surface area (Å²) in [6.07, 6.45) is 0. The minimum Gasteiger partial charge on any atom is -0.494 e. The molecule has 0 radical (unpaired) electrons. The van der Waals surface area contributed by atoms with Crippen molar-refractivity contribution in [3.05, 3.63) is 24.3 Å². The second-order valence-corrected chi connectivity index (χ2v) is 3.69. The lowest BCUT2D eigenvalue weighted by Crippen LogP contribution is -2.38. The standard InChI is InChI=1S/C12H17ClN2O3/c1-2-17-10-3-5-11(6-4-10)18-9-15-12(16)14-8-7-13/h3-6H,2,7-9H2,1H3,(H2,14,15,16). The summed E-state index contributed by atoms with van der Waals surface area (Å²) in [5, 5.41) is 5.11. The Bertz CT molecular complexity index is 357. The van der Waals surface area contributed by atoms with Gasteiger partial charge in [-0.25, -0.2) is 4.79 Å². The molecule has 0 heterocycles. The summed E-state index contributed by atoms with van der Waals surface area (Å²) >= 11 is 5.43. The van der Waals surface area contributed by atoms with Crippen LogP contribution in [0, 0.1) is 0 Å². The normalized spacial score (nSPS) is 9.67. The van der Waals surface area contributed by atoms with Crippen LogP contribution < -0.4 is 20.1 Å². The second-order valence-electron chi connectivity index (χ2n) is 3.31. The van der Waals surface area contributed by atoms with Gasteiger partial charge in [-0.05, 0) is 31.2 Å². The molecule has 100 valence electrons. The highest BCUT2D eigenvalue weighted by Crippen LogP contribution is 2.16. The van der Waals surface area contributed by atoms with Crippen molar-refractivity contribution >= 4 is 17.6 Å². The van der Waals surface area contributed by atoms with Crippen LogP contribution in [0.15, 0.2) is 24.3 Å². The van der Waals surface area contributed by atoms with E-state index < -0.39 is 0 Å². The minimum absolute atomic E-state index is 0.0993. The predicted octanol–water partition coefficient (Wildman–Crippen LogP) is 1.96. The van der Waals surface area contributed by atoms with Crippen molar-refractivity contribution in [1.82, 2.24) is 10.6 Å². The van der Waals surface area contributed by atoms with Crippen LogP contribution in [-0.4, -0.2) is 31.8 Å². The molecule has 0 bridgehead atoms. The zero-order valence-corrected chi connectivity index (χ0v) is 11.0. The summed E-state index contributed by atoms with van der Waals surface area (Å²) in [6.45, 7) is 3.08. The lowest BCUT2D eigenvalue weighted by atomic mass is 10.3. The second kappa shape index (κ2) is 8.47. The van der Waals surface area contributed by atoms with Crippen molar-refractivity contribution in [1.29, 1.82) is 0 Å². The van der Waals surface area contributed by atoms with E-state index in [1.165, 1.54) is 0 Å². The molecule has 0 saturated heterocycles. The van der Waals surface area contributed by atoms with Gasteiger partial charge in [0, 0.05) is 12.4 Å². The largest absolute Gasteiger partial charge is 0.494 e. The molecule has 2 amide bonds. The average Bonchev–Trinajstić information content (AvgIpc) is 2.39. The fourth-order valence-electron chi connectivity index (χ4n) is 1.21. The van der Waals surface area contributed by atoms with Gasteiger partial charge in [0.2, 0.25) is 0 Å². The summed E-state index contributed by atoms with van der Waals surface area (Å²) in [6, 6.07) is 6.88. The fourth-order valence-corrected chi connectivity index (χ4v) is 1.30. The molecule has 5 nitrogen and oxygen atoms in total. The molecule has 0 spiro atoms. The van der Waals surface area contributed by atoms with Crippen LogP contribution in [-0.2, 0) is 0 Å². The molecular formula is C12H17ClN2O3. The van der Waals surface area contributed by atoms with Gasteiger partial charge in [0.1, 0.15) is 11.5 Å². The smallest absolute Gasteiger partial charge is 0.317 e. The fraction of sp³-hybridized carbons (Fsp3) is 0.417. The Kier molecular flexibility index (Phi) is 6.79. The van der Waals surface area contributed by atoms with Gasteiger partial charge in [-0.1, -0.05) is 0 Å². The van der Waals surface area contributed by atoms with Crippen LogP contribution in [0.1, 0.15) is 6.92 Å². The van der Waals surface area contributed by atoms with E-state index in [-0.39, 0.29) is 12.8 Å². The van der Waals surface area contributed by atoms with Gasteiger partial charge >= 0.3 is 6.03 Å². The number of alkyl halides is 1. The average molecular weight is 273 g/mol. The summed E-state index contributed by atoms with van der Waals surface area (Å²) in [5.41, 5.74) is 0. The Labute approximate surface area is 111 Å². The molecule has 0 atom stereocenters. The Morgan fingerprint density at radius 1 is 1.17 bits per heavy atom. The maximum atomic E-state index is 11.2. The van der Waals surface area contributed by atoms with E-state index in [2.05, 4.69) is 10.6 Å². The number of urea groups is 1. The highest BCUT2D eigenvalue weighted by atomic mass is 35.5. The van der Waals surface area contributed by atoms with Crippen LogP contribution in [0.5, 0.6) is 11.5 Å². The predicted molar refractivity (Wildman–Crippen MR) is 70.4 cm³/mol. The zero-order chi connectivity index (χ0) is 13.2. The molecule has 0 fully saturated rings. The number of nitrogens with one attached hydrogen (secondary N) is 2. The maximum Gasteiger partial charge on any atom is 0.317 e. The van der Waals surface area contributed by atoms with E-state index in [1.54, 1.807) is 12.1 Å². The first-order valence-electron chi connectivity index (χ1n) is 5.69. The third kappa shape index (κ3) is 5.63. The highest BCUT2D eigenvalue weighted by Gasteiger charge is 1.99. The van der Waals surface area contributed by atoms with Crippen molar-refractivity contribution in [2.45, 2.75) is 6.92 Å². The zero-order valence-electron chi connectivity index (χ0n) is 10.2.